The lowest BCUT2D eigenvalue weighted by molar-refractivity contribution is 0.605. The van der Waals surface area contributed by atoms with Crippen LogP contribution in [-0.2, 0) is 0 Å². The molecule has 168 valence electrons. The number of fused-ring (bicyclic) bond motifs is 1. The number of hydrogen-bond donors (Lipinski definition) is 0. The summed E-state index contributed by atoms with van der Waals surface area (Å²) in [5, 5.41) is 0.508. The molecule has 0 radical (unpaired) electrons. The van der Waals surface area contributed by atoms with E-state index < -0.39 is 6.04 Å². The van der Waals surface area contributed by atoms with E-state index in [1.165, 1.54) is 12.1 Å². The van der Waals surface area contributed by atoms with Crippen molar-refractivity contribution in [3.8, 4) is 0 Å². The maximum absolute atomic E-state index is 13.9. The molecule has 0 aliphatic rings. The monoisotopic (exact) mass is 450 g/mol. The van der Waals surface area contributed by atoms with Crippen LogP contribution in [0.1, 0.15) is 23.1 Å². The molecule has 0 aliphatic carbocycles. The molecule has 5 nitrogen and oxygen atoms in total. The zero-order chi connectivity index (χ0) is 23.7. The zero-order valence-corrected chi connectivity index (χ0v) is 18.9. The van der Waals surface area contributed by atoms with E-state index >= 15 is 0 Å². The molecule has 0 spiro atoms. The smallest absolute Gasteiger partial charge is 0.262 e. The number of hydrogen-bond acceptors (Lipinski definition) is 4. The molecule has 0 fully saturated rings. The van der Waals surface area contributed by atoms with Gasteiger partial charge in [0.1, 0.15) is 17.7 Å². The van der Waals surface area contributed by atoms with Crippen LogP contribution >= 0.6 is 0 Å². The number of anilines is 2. The molecule has 0 saturated carbocycles. The Morgan fingerprint density at radius 2 is 1.59 bits per heavy atom. The average molecular weight is 451 g/mol. The Labute approximate surface area is 196 Å². The van der Waals surface area contributed by atoms with Crippen molar-refractivity contribution in [1.82, 2.24) is 14.5 Å². The molecule has 6 heteroatoms. The van der Waals surface area contributed by atoms with E-state index in [1.54, 1.807) is 22.9 Å². The number of pyridine rings is 1. The first-order chi connectivity index (χ1) is 16.5. The van der Waals surface area contributed by atoms with Gasteiger partial charge in [-0.2, -0.15) is 0 Å². The first-order valence-electron chi connectivity index (χ1n) is 11.0. The van der Waals surface area contributed by atoms with Gasteiger partial charge in [-0.15, -0.1) is 0 Å². The highest BCUT2D eigenvalue weighted by Crippen LogP contribution is 2.28. The van der Waals surface area contributed by atoms with Crippen LogP contribution in [0.4, 0.5) is 15.8 Å². The number of aromatic nitrogens is 3. The van der Waals surface area contributed by atoms with Crippen LogP contribution in [0.25, 0.3) is 10.9 Å². The van der Waals surface area contributed by atoms with Gasteiger partial charge >= 0.3 is 0 Å². The van der Waals surface area contributed by atoms with Crippen LogP contribution in [0.3, 0.4) is 0 Å². The van der Waals surface area contributed by atoms with E-state index in [2.05, 4.69) is 4.98 Å². The molecule has 34 heavy (non-hydrogen) atoms. The van der Waals surface area contributed by atoms with Gasteiger partial charge in [-0.25, -0.2) is 9.37 Å². The van der Waals surface area contributed by atoms with E-state index in [1.807, 2.05) is 85.6 Å². The van der Waals surface area contributed by atoms with Gasteiger partial charge in [-0.1, -0.05) is 36.4 Å². The highest BCUT2D eigenvalue weighted by molar-refractivity contribution is 5.83. The second-order valence-electron chi connectivity index (χ2n) is 8.14. The lowest BCUT2D eigenvalue weighted by Gasteiger charge is -2.23. The predicted molar refractivity (Wildman–Crippen MR) is 133 cm³/mol. The summed E-state index contributed by atoms with van der Waals surface area (Å²) in [6.07, 6.45) is 1.73. The predicted octanol–water partition coefficient (Wildman–Crippen LogP) is 5.64. The Kier molecular flexibility index (Phi) is 5.64. The fourth-order valence-corrected chi connectivity index (χ4v) is 4.25. The van der Waals surface area contributed by atoms with Crippen LogP contribution in [0.15, 0.2) is 102 Å². The van der Waals surface area contributed by atoms with Gasteiger partial charge in [0.2, 0.25) is 0 Å². The number of aryl methyl sites for hydroxylation is 1. The fourth-order valence-electron chi connectivity index (χ4n) is 4.25. The van der Waals surface area contributed by atoms with Crippen LogP contribution in [0, 0.1) is 12.7 Å². The summed E-state index contributed by atoms with van der Waals surface area (Å²) in [5.74, 6) is 0.316. The van der Waals surface area contributed by atoms with Gasteiger partial charge in [0.25, 0.3) is 5.56 Å². The maximum Gasteiger partial charge on any atom is 0.262 e. The fraction of sp³-hybridized carbons (Fsp3) is 0.107. The van der Waals surface area contributed by atoms with Crippen molar-refractivity contribution < 1.29 is 4.39 Å². The molecular formula is C28H23FN4O. The highest BCUT2D eigenvalue weighted by atomic mass is 19.1. The van der Waals surface area contributed by atoms with Gasteiger partial charge < -0.3 is 4.90 Å². The second-order valence-corrected chi connectivity index (χ2v) is 8.14. The first kappa shape index (κ1) is 21.5. The molecule has 1 unspecified atom stereocenters. The Hall–Kier alpha value is -4.32. The Balaban J connectivity index is 1.69. The lowest BCUT2D eigenvalue weighted by Crippen LogP contribution is -2.30. The highest BCUT2D eigenvalue weighted by Gasteiger charge is 2.22. The minimum absolute atomic E-state index is 0.142. The number of benzene rings is 3. The number of nitrogens with zero attached hydrogens (tertiary/aromatic N) is 4. The normalized spacial score (nSPS) is 12.0. The maximum atomic E-state index is 13.9. The van der Waals surface area contributed by atoms with Crippen LogP contribution in [0.5, 0.6) is 0 Å². The lowest BCUT2D eigenvalue weighted by atomic mass is 10.0. The van der Waals surface area contributed by atoms with E-state index in [0.29, 0.717) is 16.7 Å². The van der Waals surface area contributed by atoms with Crippen molar-refractivity contribution in [2.75, 3.05) is 11.9 Å². The SMILES string of the molecule is Cc1nc2ccc(N(C)c3ccc(F)cc3)cc2c(=O)n1C(c1ccccc1)c1ccccn1. The summed E-state index contributed by atoms with van der Waals surface area (Å²) in [7, 11) is 1.88. The van der Waals surface area contributed by atoms with Gasteiger partial charge in [0, 0.05) is 24.6 Å². The molecule has 2 heterocycles. The summed E-state index contributed by atoms with van der Waals surface area (Å²) >= 11 is 0. The molecule has 2 aromatic heterocycles. The third kappa shape index (κ3) is 3.94. The van der Waals surface area contributed by atoms with Crippen molar-refractivity contribution in [3.63, 3.8) is 0 Å². The van der Waals surface area contributed by atoms with Gasteiger partial charge in [0.15, 0.2) is 0 Å². The minimum Gasteiger partial charge on any atom is -0.345 e. The number of halogens is 1. The number of rotatable bonds is 5. The first-order valence-corrected chi connectivity index (χ1v) is 11.0. The van der Waals surface area contributed by atoms with Crippen molar-refractivity contribution in [2.45, 2.75) is 13.0 Å². The summed E-state index contributed by atoms with van der Waals surface area (Å²) in [4.78, 5) is 25.2. The van der Waals surface area contributed by atoms with Crippen molar-refractivity contribution in [3.05, 3.63) is 130 Å². The zero-order valence-electron chi connectivity index (χ0n) is 18.9. The Morgan fingerprint density at radius 1 is 0.882 bits per heavy atom. The topological polar surface area (TPSA) is 51.0 Å². The third-order valence-corrected chi connectivity index (χ3v) is 6.00. The van der Waals surface area contributed by atoms with Crippen LogP contribution in [0.2, 0.25) is 0 Å². The molecule has 3 aromatic carbocycles. The molecule has 0 bridgehead atoms. The van der Waals surface area contributed by atoms with Crippen LogP contribution < -0.4 is 10.5 Å². The second kappa shape index (κ2) is 8.90. The molecule has 0 N–H and O–H groups in total. The summed E-state index contributed by atoms with van der Waals surface area (Å²) in [6.45, 7) is 1.85. The quantitative estimate of drug-likeness (QED) is 0.348. The van der Waals surface area contributed by atoms with Gasteiger partial charge in [0.05, 0.1) is 16.6 Å². The molecular weight excluding hydrogens is 427 g/mol. The van der Waals surface area contributed by atoms with Crippen molar-refractivity contribution in [1.29, 1.82) is 0 Å². The molecule has 5 rings (SSSR count). The molecule has 0 aliphatic heterocycles. The van der Waals surface area contributed by atoms with Crippen LogP contribution in [-0.4, -0.2) is 21.6 Å². The van der Waals surface area contributed by atoms with Crippen molar-refractivity contribution in [2.24, 2.45) is 0 Å². The van der Waals surface area contributed by atoms with E-state index in [0.717, 1.165) is 22.6 Å². The van der Waals surface area contributed by atoms with E-state index in [9.17, 15) is 9.18 Å². The summed E-state index contributed by atoms with van der Waals surface area (Å²) in [6, 6.07) is 27.0. The van der Waals surface area contributed by atoms with Gasteiger partial charge in [-0.05, 0) is 67.1 Å². The standard InChI is InChI=1S/C28H23FN4O/c1-19-31-25-16-15-23(32(2)22-13-11-21(29)12-14-22)18-24(25)28(34)33(19)27(20-8-4-3-5-9-20)26-10-6-7-17-30-26/h3-18,27H,1-2H3. The molecule has 1 atom stereocenters. The molecule has 0 amide bonds. The summed E-state index contributed by atoms with van der Waals surface area (Å²) in [5.41, 5.74) is 3.82. The largest absolute Gasteiger partial charge is 0.345 e. The molecule has 5 aromatic rings. The van der Waals surface area contributed by atoms with Crippen molar-refractivity contribution >= 4 is 22.3 Å². The Morgan fingerprint density at radius 3 is 2.29 bits per heavy atom. The van der Waals surface area contributed by atoms with E-state index in [-0.39, 0.29) is 11.4 Å². The van der Waals surface area contributed by atoms with Gasteiger partial charge in [-0.3, -0.25) is 14.3 Å². The van der Waals surface area contributed by atoms with E-state index in [4.69, 9.17) is 4.98 Å². The summed E-state index contributed by atoms with van der Waals surface area (Å²) < 4.78 is 15.1. The Bertz CT molecular complexity index is 1460. The molecule has 0 saturated heterocycles. The average Bonchev–Trinajstić information content (AvgIpc) is 2.87. The third-order valence-electron chi connectivity index (χ3n) is 6.00. The minimum atomic E-state index is -0.412.